The predicted octanol–water partition coefficient (Wildman–Crippen LogP) is -2.65. The summed E-state index contributed by atoms with van der Waals surface area (Å²) in [7, 11) is 0. The molecule has 13 nitrogen and oxygen atoms in total. The van der Waals surface area contributed by atoms with E-state index >= 15 is 0 Å². The van der Waals surface area contributed by atoms with Crippen LogP contribution in [-0.4, -0.2) is 80.7 Å². The van der Waals surface area contributed by atoms with Crippen LogP contribution in [0.5, 0.6) is 0 Å². The Morgan fingerprint density at radius 1 is 1.06 bits per heavy atom. The van der Waals surface area contributed by atoms with Crippen molar-refractivity contribution >= 4 is 23.7 Å². The van der Waals surface area contributed by atoms with Crippen molar-refractivity contribution in [2.45, 2.75) is 69.8 Å². The number of imidazole rings is 1. The third kappa shape index (κ3) is 8.99. The maximum absolute atomic E-state index is 13.0. The minimum atomic E-state index is -1.55. The van der Waals surface area contributed by atoms with Gasteiger partial charge in [0.1, 0.15) is 12.1 Å². The van der Waals surface area contributed by atoms with Gasteiger partial charge < -0.3 is 42.6 Å². The maximum atomic E-state index is 13.0. The molecule has 0 aromatic carbocycles. The first-order valence-corrected chi connectivity index (χ1v) is 10.3. The molecule has 5 atom stereocenters. The minimum absolute atomic E-state index is 0.0624. The van der Waals surface area contributed by atoms with Crippen LogP contribution < -0.4 is 27.4 Å². The fourth-order valence-corrected chi connectivity index (χ4v) is 2.81. The second-order valence-corrected chi connectivity index (χ2v) is 7.54. The van der Waals surface area contributed by atoms with Crippen molar-refractivity contribution in [2.75, 3.05) is 6.54 Å². The number of aromatic amines is 1. The molecule has 1 aromatic heterocycles. The topological polar surface area (TPSA) is 226 Å². The molecular formula is C19H33N7O6. The average Bonchev–Trinajstić information content (AvgIpc) is 3.23. The van der Waals surface area contributed by atoms with Crippen molar-refractivity contribution in [3.8, 4) is 0 Å². The summed E-state index contributed by atoms with van der Waals surface area (Å²) < 4.78 is 0. The first kappa shape index (κ1) is 27.0. The molecule has 32 heavy (non-hydrogen) atoms. The highest BCUT2D eigenvalue weighted by atomic mass is 16.4. The van der Waals surface area contributed by atoms with Gasteiger partial charge in [-0.25, -0.2) is 9.78 Å². The average molecular weight is 456 g/mol. The summed E-state index contributed by atoms with van der Waals surface area (Å²) in [6.45, 7) is 3.07. The molecule has 0 fully saturated rings. The van der Waals surface area contributed by atoms with Crippen LogP contribution in [0.15, 0.2) is 12.5 Å². The number of carbonyl (C=O) groups is 4. The fraction of sp³-hybridized carbons (Fsp3) is 0.632. The van der Waals surface area contributed by atoms with Gasteiger partial charge in [0, 0.05) is 18.3 Å². The Kier molecular flexibility index (Phi) is 11.3. The maximum Gasteiger partial charge on any atom is 0.328 e. The normalized spacial score (nSPS) is 15.7. The number of rotatable bonds is 14. The van der Waals surface area contributed by atoms with Crippen LogP contribution in [0.1, 0.15) is 38.8 Å². The Morgan fingerprint density at radius 3 is 2.19 bits per heavy atom. The smallest absolute Gasteiger partial charge is 0.328 e. The first-order chi connectivity index (χ1) is 15.1. The Bertz CT molecular complexity index is 753. The number of carbonyl (C=O) groups excluding carboxylic acids is 3. The number of carboxylic acid groups (broad SMARTS) is 1. The van der Waals surface area contributed by atoms with E-state index in [2.05, 4.69) is 25.9 Å². The number of hydrogen-bond donors (Lipinski definition) is 8. The Morgan fingerprint density at radius 2 is 1.69 bits per heavy atom. The molecule has 1 rings (SSSR count). The van der Waals surface area contributed by atoms with E-state index in [0.717, 1.165) is 0 Å². The molecule has 3 amide bonds. The number of carboxylic acids is 1. The lowest BCUT2D eigenvalue weighted by atomic mass is 10.0. The number of amides is 3. The number of aliphatic carboxylic acids is 1. The third-order valence-corrected chi connectivity index (χ3v) is 4.65. The molecule has 0 saturated carbocycles. The summed E-state index contributed by atoms with van der Waals surface area (Å²) >= 11 is 0. The molecule has 0 radical (unpaired) electrons. The van der Waals surface area contributed by atoms with Crippen molar-refractivity contribution in [1.29, 1.82) is 0 Å². The van der Waals surface area contributed by atoms with Crippen molar-refractivity contribution in [1.82, 2.24) is 25.9 Å². The summed E-state index contributed by atoms with van der Waals surface area (Å²) in [6.07, 6.45) is 2.87. The summed E-state index contributed by atoms with van der Waals surface area (Å²) in [5.74, 6) is -3.41. The summed E-state index contributed by atoms with van der Waals surface area (Å²) in [4.78, 5) is 55.8. The van der Waals surface area contributed by atoms with Gasteiger partial charge in [0.05, 0.1) is 18.5 Å². The lowest BCUT2D eigenvalue weighted by molar-refractivity contribution is -0.145. The monoisotopic (exact) mass is 455 g/mol. The number of aliphatic hydroxyl groups is 1. The van der Waals surface area contributed by atoms with E-state index in [-0.39, 0.29) is 12.8 Å². The molecule has 0 aliphatic carbocycles. The van der Waals surface area contributed by atoms with E-state index in [9.17, 15) is 29.4 Å². The minimum Gasteiger partial charge on any atom is -0.480 e. The van der Waals surface area contributed by atoms with Gasteiger partial charge in [-0.3, -0.25) is 14.4 Å². The SMILES string of the molecule is CC(N)C(=O)NC(Cc1cnc[nH]1)C(=O)NC(CCCCN)C(=O)NC(C(=O)O)C(C)O. The van der Waals surface area contributed by atoms with Crippen molar-refractivity contribution in [2.24, 2.45) is 11.5 Å². The van der Waals surface area contributed by atoms with E-state index < -0.39 is 54.0 Å². The van der Waals surface area contributed by atoms with E-state index in [1.807, 2.05) is 0 Å². The zero-order valence-electron chi connectivity index (χ0n) is 18.2. The van der Waals surface area contributed by atoms with Crippen LogP contribution >= 0.6 is 0 Å². The Labute approximate surface area is 185 Å². The number of H-pyrrole nitrogens is 1. The molecule has 0 spiro atoms. The number of unbranched alkanes of at least 4 members (excludes halogenated alkanes) is 1. The second-order valence-electron chi connectivity index (χ2n) is 7.54. The molecule has 0 saturated heterocycles. The fourth-order valence-electron chi connectivity index (χ4n) is 2.81. The van der Waals surface area contributed by atoms with Gasteiger partial charge in [0.2, 0.25) is 17.7 Å². The number of aromatic nitrogens is 2. The molecule has 0 aliphatic rings. The lowest BCUT2D eigenvalue weighted by Gasteiger charge is -2.25. The highest BCUT2D eigenvalue weighted by Gasteiger charge is 2.31. The molecular weight excluding hydrogens is 422 g/mol. The Balaban J connectivity index is 3.00. The largest absolute Gasteiger partial charge is 0.480 e. The standard InChI is InChI=1S/C19H33N7O6/c1-10(21)16(28)25-14(7-12-8-22-9-23-12)18(30)24-13(5-3-4-6-20)17(29)26-15(11(2)27)19(31)32/h8-11,13-15,27H,3-7,20-21H2,1-2H3,(H,22,23)(H,24,30)(H,25,28)(H,26,29)(H,31,32). The van der Waals surface area contributed by atoms with Gasteiger partial charge in [-0.1, -0.05) is 0 Å². The van der Waals surface area contributed by atoms with E-state index in [1.54, 1.807) is 0 Å². The van der Waals surface area contributed by atoms with Gasteiger partial charge >= 0.3 is 5.97 Å². The van der Waals surface area contributed by atoms with Crippen molar-refractivity contribution in [3.63, 3.8) is 0 Å². The van der Waals surface area contributed by atoms with Crippen molar-refractivity contribution in [3.05, 3.63) is 18.2 Å². The van der Waals surface area contributed by atoms with Crippen molar-refractivity contribution < 1.29 is 29.4 Å². The zero-order chi connectivity index (χ0) is 24.3. The number of aliphatic hydroxyl groups excluding tert-OH is 1. The number of nitrogens with one attached hydrogen (secondary N) is 4. The highest BCUT2D eigenvalue weighted by molar-refractivity contribution is 5.94. The zero-order valence-corrected chi connectivity index (χ0v) is 18.2. The van der Waals surface area contributed by atoms with Crippen LogP contribution in [0.25, 0.3) is 0 Å². The van der Waals surface area contributed by atoms with Gasteiger partial charge in [0.15, 0.2) is 6.04 Å². The molecule has 5 unspecified atom stereocenters. The molecule has 0 bridgehead atoms. The van der Waals surface area contributed by atoms with Crippen LogP contribution in [-0.2, 0) is 25.6 Å². The highest BCUT2D eigenvalue weighted by Crippen LogP contribution is 2.06. The van der Waals surface area contributed by atoms with E-state index in [4.69, 9.17) is 11.5 Å². The van der Waals surface area contributed by atoms with Gasteiger partial charge in [-0.15, -0.1) is 0 Å². The van der Waals surface area contributed by atoms with Gasteiger partial charge in [-0.05, 0) is 39.7 Å². The predicted molar refractivity (Wildman–Crippen MR) is 114 cm³/mol. The van der Waals surface area contributed by atoms with Crippen LogP contribution in [0.3, 0.4) is 0 Å². The molecule has 180 valence electrons. The van der Waals surface area contributed by atoms with Crippen LogP contribution in [0, 0.1) is 0 Å². The molecule has 10 N–H and O–H groups in total. The third-order valence-electron chi connectivity index (χ3n) is 4.65. The van der Waals surface area contributed by atoms with E-state index in [0.29, 0.717) is 25.1 Å². The quantitative estimate of drug-likeness (QED) is 0.137. The number of nitrogens with two attached hydrogens (primary N) is 2. The van der Waals surface area contributed by atoms with Gasteiger partial charge in [0.25, 0.3) is 0 Å². The molecule has 13 heteroatoms. The van der Waals surface area contributed by atoms with E-state index in [1.165, 1.54) is 26.4 Å². The first-order valence-electron chi connectivity index (χ1n) is 10.3. The lowest BCUT2D eigenvalue weighted by Crippen LogP contribution is -2.58. The summed E-state index contributed by atoms with van der Waals surface area (Å²) in [5, 5.41) is 26.2. The second kappa shape index (κ2) is 13.4. The number of hydrogen-bond acceptors (Lipinski definition) is 8. The molecule has 1 heterocycles. The van der Waals surface area contributed by atoms with Crippen LogP contribution in [0.4, 0.5) is 0 Å². The Hall–Kier alpha value is -3.03. The summed E-state index contributed by atoms with van der Waals surface area (Å²) in [5.41, 5.74) is 11.6. The number of nitrogens with zero attached hydrogens (tertiary/aromatic N) is 1. The molecule has 0 aliphatic heterocycles. The van der Waals surface area contributed by atoms with Gasteiger partial charge in [-0.2, -0.15) is 0 Å². The van der Waals surface area contributed by atoms with Crippen LogP contribution in [0.2, 0.25) is 0 Å². The molecule has 1 aromatic rings. The summed E-state index contributed by atoms with van der Waals surface area (Å²) in [6, 6.07) is -4.58.